The van der Waals surface area contributed by atoms with E-state index in [1.165, 1.54) is 28.6 Å². The molecule has 0 saturated carbocycles. The molecule has 3 heterocycles. The number of amides is 1. The first-order valence-electron chi connectivity index (χ1n) is 9.87. The van der Waals surface area contributed by atoms with Gasteiger partial charge in [-0.05, 0) is 54.5 Å². The Bertz CT molecular complexity index is 1080. The van der Waals surface area contributed by atoms with Crippen LogP contribution in [-0.4, -0.2) is 28.7 Å². The summed E-state index contributed by atoms with van der Waals surface area (Å²) in [6.07, 6.45) is 3.48. The van der Waals surface area contributed by atoms with Crippen molar-refractivity contribution in [3.05, 3.63) is 40.3 Å². The highest BCUT2D eigenvalue weighted by Gasteiger charge is 2.21. The normalized spacial score (nSPS) is 17.0. The van der Waals surface area contributed by atoms with Gasteiger partial charge in [-0.25, -0.2) is 0 Å². The summed E-state index contributed by atoms with van der Waals surface area (Å²) in [6.45, 7) is 2.95. The fourth-order valence-corrected chi connectivity index (χ4v) is 5.33. The molecule has 2 aliphatic rings. The first-order chi connectivity index (χ1) is 14.6. The minimum atomic E-state index is -0.0991. The van der Waals surface area contributed by atoms with E-state index < -0.39 is 0 Å². The van der Waals surface area contributed by atoms with Crippen LogP contribution in [0.2, 0.25) is 0 Å². The number of thioether (sulfide) groups is 1. The lowest BCUT2D eigenvalue weighted by Crippen LogP contribution is -2.24. The molecular weight excluding hydrogens is 422 g/mol. The number of fused-ring (bicyclic) bond motifs is 2. The molecular formula is C21H21N3O4S2. The zero-order valence-electron chi connectivity index (χ0n) is 16.5. The molecule has 30 heavy (non-hydrogen) atoms. The van der Waals surface area contributed by atoms with Crippen molar-refractivity contribution in [2.75, 3.05) is 12.5 Å². The van der Waals surface area contributed by atoms with Gasteiger partial charge in [0.25, 0.3) is 11.1 Å². The fraction of sp³-hybridized carbons (Fsp3) is 0.381. The number of carbonyl (C=O) groups excluding carboxylic acids is 1. The van der Waals surface area contributed by atoms with E-state index in [0.29, 0.717) is 23.4 Å². The van der Waals surface area contributed by atoms with Gasteiger partial charge in [-0.3, -0.25) is 4.79 Å². The summed E-state index contributed by atoms with van der Waals surface area (Å²) in [7, 11) is 0. The van der Waals surface area contributed by atoms with Crippen LogP contribution in [0.25, 0.3) is 10.8 Å². The van der Waals surface area contributed by atoms with E-state index >= 15 is 0 Å². The van der Waals surface area contributed by atoms with Gasteiger partial charge in [0, 0.05) is 11.4 Å². The largest absolute Gasteiger partial charge is 0.454 e. The van der Waals surface area contributed by atoms with Crippen LogP contribution in [-0.2, 0) is 24.2 Å². The number of aryl methyl sites for hydroxylation is 1. The first-order valence-corrected chi connectivity index (χ1v) is 11.7. The third-order valence-corrected chi connectivity index (χ3v) is 7.24. The molecule has 0 radical (unpaired) electrons. The summed E-state index contributed by atoms with van der Waals surface area (Å²) >= 11 is 2.98. The highest BCUT2D eigenvalue weighted by molar-refractivity contribution is 7.99. The molecule has 1 amide bonds. The molecule has 1 N–H and O–H groups in total. The molecule has 0 bridgehead atoms. The second-order valence-electron chi connectivity index (χ2n) is 7.53. The molecule has 7 nitrogen and oxygen atoms in total. The Labute approximate surface area is 182 Å². The smallest absolute Gasteiger partial charge is 0.277 e. The van der Waals surface area contributed by atoms with Crippen molar-refractivity contribution in [1.29, 1.82) is 0 Å². The number of nitrogens with one attached hydrogen (secondary N) is 1. The van der Waals surface area contributed by atoms with E-state index in [0.717, 1.165) is 34.9 Å². The summed E-state index contributed by atoms with van der Waals surface area (Å²) in [5.74, 6) is 2.81. The van der Waals surface area contributed by atoms with Crippen molar-refractivity contribution in [2.45, 2.75) is 38.0 Å². The van der Waals surface area contributed by atoms with Crippen LogP contribution in [0.15, 0.2) is 33.9 Å². The standard InChI is InChI=1S/C21H21N3O4S2/c1-12-2-5-17-14(6-12)8-18(30-17)20-23-24-21(28-20)29-10-19(25)22-9-13-3-4-15-16(7-13)27-11-26-15/h3-4,7-8,12H,2,5-6,9-11H2,1H3,(H,22,25). The number of thiophene rings is 1. The SMILES string of the molecule is CC1CCc2sc(-c3nnc(SCC(=O)NCc4ccc5c(c4)OCO5)o3)cc2C1. The van der Waals surface area contributed by atoms with E-state index in [1.807, 2.05) is 18.2 Å². The van der Waals surface area contributed by atoms with Crippen molar-refractivity contribution in [3.63, 3.8) is 0 Å². The molecule has 0 spiro atoms. The molecule has 2 aromatic heterocycles. The molecule has 1 atom stereocenters. The van der Waals surface area contributed by atoms with E-state index in [1.54, 1.807) is 11.3 Å². The lowest BCUT2D eigenvalue weighted by Gasteiger charge is -2.16. The summed E-state index contributed by atoms with van der Waals surface area (Å²) in [5, 5.41) is 11.6. The lowest BCUT2D eigenvalue weighted by atomic mass is 9.90. The molecule has 1 aliphatic heterocycles. The first kappa shape index (κ1) is 19.4. The van der Waals surface area contributed by atoms with Crippen molar-refractivity contribution in [3.8, 4) is 22.3 Å². The van der Waals surface area contributed by atoms with Crippen LogP contribution in [0.3, 0.4) is 0 Å². The zero-order chi connectivity index (χ0) is 20.5. The summed E-state index contributed by atoms with van der Waals surface area (Å²) in [6, 6.07) is 7.81. The maximum absolute atomic E-state index is 12.2. The number of ether oxygens (including phenoxy) is 2. The molecule has 5 rings (SSSR count). The summed E-state index contributed by atoms with van der Waals surface area (Å²) in [4.78, 5) is 14.6. The average Bonchev–Trinajstić information content (AvgIpc) is 3.48. The fourth-order valence-electron chi connectivity index (χ4n) is 3.61. The maximum atomic E-state index is 12.2. The van der Waals surface area contributed by atoms with E-state index in [9.17, 15) is 4.79 Å². The molecule has 1 aliphatic carbocycles. The van der Waals surface area contributed by atoms with Gasteiger partial charge >= 0.3 is 0 Å². The van der Waals surface area contributed by atoms with Gasteiger partial charge in [-0.15, -0.1) is 21.5 Å². The van der Waals surface area contributed by atoms with Crippen LogP contribution >= 0.6 is 23.1 Å². The minimum Gasteiger partial charge on any atom is -0.454 e. The highest BCUT2D eigenvalue weighted by atomic mass is 32.2. The van der Waals surface area contributed by atoms with Gasteiger partial charge in [0.05, 0.1) is 10.6 Å². The Morgan fingerprint density at radius 3 is 3.10 bits per heavy atom. The highest BCUT2D eigenvalue weighted by Crippen LogP contribution is 2.37. The van der Waals surface area contributed by atoms with Gasteiger partial charge in [-0.2, -0.15) is 0 Å². The number of hydrogen-bond donors (Lipinski definition) is 1. The number of hydrogen-bond acceptors (Lipinski definition) is 8. The van der Waals surface area contributed by atoms with Crippen LogP contribution in [0, 0.1) is 5.92 Å². The molecule has 0 fully saturated rings. The van der Waals surface area contributed by atoms with Crippen molar-refractivity contribution >= 4 is 29.0 Å². The Hall–Kier alpha value is -2.52. The van der Waals surface area contributed by atoms with Crippen molar-refractivity contribution in [1.82, 2.24) is 15.5 Å². The lowest BCUT2D eigenvalue weighted by molar-refractivity contribution is -0.118. The van der Waals surface area contributed by atoms with Gasteiger partial charge in [0.2, 0.25) is 12.7 Å². The maximum Gasteiger partial charge on any atom is 0.277 e. The Kier molecular flexibility index (Phi) is 5.39. The van der Waals surface area contributed by atoms with Gasteiger partial charge in [0.15, 0.2) is 11.5 Å². The Morgan fingerprint density at radius 1 is 1.27 bits per heavy atom. The monoisotopic (exact) mass is 443 g/mol. The molecule has 3 aromatic rings. The van der Waals surface area contributed by atoms with Crippen LogP contribution < -0.4 is 14.8 Å². The predicted molar refractivity (Wildman–Crippen MR) is 114 cm³/mol. The topological polar surface area (TPSA) is 86.5 Å². The quantitative estimate of drug-likeness (QED) is 0.575. The van der Waals surface area contributed by atoms with Crippen molar-refractivity contribution < 1.29 is 18.7 Å². The molecule has 156 valence electrons. The number of carbonyl (C=O) groups is 1. The molecule has 1 unspecified atom stereocenters. The average molecular weight is 444 g/mol. The van der Waals surface area contributed by atoms with Gasteiger partial charge < -0.3 is 19.2 Å². The summed E-state index contributed by atoms with van der Waals surface area (Å²) in [5.41, 5.74) is 2.36. The van der Waals surface area contributed by atoms with Gasteiger partial charge in [0.1, 0.15) is 0 Å². The second-order valence-corrected chi connectivity index (χ2v) is 9.60. The summed E-state index contributed by atoms with van der Waals surface area (Å²) < 4.78 is 16.4. The number of aromatic nitrogens is 2. The van der Waals surface area contributed by atoms with Crippen LogP contribution in [0.4, 0.5) is 0 Å². The number of nitrogens with zero attached hydrogens (tertiary/aromatic N) is 2. The van der Waals surface area contributed by atoms with Crippen LogP contribution in [0.1, 0.15) is 29.3 Å². The number of benzene rings is 1. The predicted octanol–water partition coefficient (Wildman–Crippen LogP) is 4.06. The number of rotatable bonds is 6. The minimum absolute atomic E-state index is 0.0991. The molecule has 9 heteroatoms. The van der Waals surface area contributed by atoms with Crippen LogP contribution in [0.5, 0.6) is 11.5 Å². The van der Waals surface area contributed by atoms with E-state index in [4.69, 9.17) is 13.9 Å². The molecule has 1 aromatic carbocycles. The second kappa shape index (κ2) is 8.31. The van der Waals surface area contributed by atoms with E-state index in [2.05, 4.69) is 28.5 Å². The third-order valence-electron chi connectivity index (χ3n) is 5.20. The Morgan fingerprint density at radius 2 is 2.17 bits per heavy atom. The van der Waals surface area contributed by atoms with Gasteiger partial charge in [-0.1, -0.05) is 24.8 Å². The zero-order valence-corrected chi connectivity index (χ0v) is 18.1. The van der Waals surface area contributed by atoms with E-state index in [-0.39, 0.29) is 18.5 Å². The third kappa shape index (κ3) is 4.17. The van der Waals surface area contributed by atoms with Crippen molar-refractivity contribution in [2.24, 2.45) is 5.92 Å². The molecule has 0 saturated heterocycles. The Balaban J connectivity index is 1.14.